The minimum absolute atomic E-state index is 0.459. The molecule has 0 aliphatic carbocycles. The Balaban J connectivity index is 0.000000487. The van der Waals surface area contributed by atoms with Crippen LogP contribution in [0.1, 0.15) is 32.3 Å². The van der Waals surface area contributed by atoms with Gasteiger partial charge < -0.3 is 30.3 Å². The first-order chi connectivity index (χ1) is 12.3. The van der Waals surface area contributed by atoms with Crippen molar-refractivity contribution in [3.05, 3.63) is 29.8 Å². The number of para-hydroxylation sites is 1. The average molecular weight is 364 g/mol. The predicted molar refractivity (Wildman–Crippen MR) is 94.8 cm³/mol. The van der Waals surface area contributed by atoms with Gasteiger partial charge in [-0.2, -0.15) is 0 Å². The van der Waals surface area contributed by atoms with E-state index in [1.165, 1.54) is 31.5 Å². The molecule has 1 unspecified atom stereocenters. The number of nitrogens with two attached hydrogens (primary N) is 1. The van der Waals surface area contributed by atoms with Crippen LogP contribution < -0.4 is 15.9 Å². The third-order valence-electron chi connectivity index (χ3n) is 4.10. The Kier molecular flexibility index (Phi) is 9.69. The van der Waals surface area contributed by atoms with E-state index < -0.39 is 11.9 Å². The molecule has 0 aromatic heterocycles. The van der Waals surface area contributed by atoms with Gasteiger partial charge in [-0.3, -0.25) is 4.90 Å². The summed E-state index contributed by atoms with van der Waals surface area (Å²) in [6, 6.07) is 8.66. The zero-order chi connectivity index (χ0) is 19.5. The second-order valence-corrected chi connectivity index (χ2v) is 6.81. The molecule has 1 aromatic carbocycles. The molecule has 1 aliphatic rings. The number of carbonyl (C=O) groups excluding carboxylic acids is 2. The molecule has 1 heterocycles. The van der Waals surface area contributed by atoms with Gasteiger partial charge in [0.15, 0.2) is 0 Å². The van der Waals surface area contributed by atoms with Crippen LogP contribution in [-0.2, 0) is 20.7 Å². The topological polar surface area (TPSA) is 119 Å². The summed E-state index contributed by atoms with van der Waals surface area (Å²) < 4.78 is 5.90. The summed E-state index contributed by atoms with van der Waals surface area (Å²) in [6.45, 7) is 8.44. The first-order valence-corrected chi connectivity index (χ1v) is 8.88. The van der Waals surface area contributed by atoms with Crippen LogP contribution in [0.3, 0.4) is 0 Å². The molecule has 1 atom stereocenters. The normalized spacial score (nSPS) is 15.3. The number of anilines is 1. The molecular weight excluding hydrogens is 336 g/mol. The van der Waals surface area contributed by atoms with E-state index in [2.05, 4.69) is 30.9 Å². The first-order valence-electron chi connectivity index (χ1n) is 8.88. The second kappa shape index (κ2) is 11.5. The van der Waals surface area contributed by atoms with Crippen LogP contribution in [0.15, 0.2) is 24.3 Å². The van der Waals surface area contributed by atoms with Crippen molar-refractivity contribution in [1.29, 1.82) is 0 Å². The highest BCUT2D eigenvalue weighted by atomic mass is 16.5. The van der Waals surface area contributed by atoms with Gasteiger partial charge in [0.2, 0.25) is 0 Å². The highest BCUT2D eigenvalue weighted by molar-refractivity contribution is 6.25. The number of carboxylic acid groups (broad SMARTS) is 2. The summed E-state index contributed by atoms with van der Waals surface area (Å²) in [4.78, 5) is 20.4. The standard InChI is InChI=1S/C17H28N2O.C2H2O4/c1-14(2)12-20-13-16(19-9-5-6-10-19)11-15-7-3-4-8-17(15)18;3-1(4)2(5)6/h3-4,7-8,14,16H,5-6,9-13,18H2,1-2H3;(H,3,4)(H,5,6)/p-2. The molecule has 0 bridgehead atoms. The summed E-state index contributed by atoms with van der Waals surface area (Å²) in [5.74, 6) is -3.78. The van der Waals surface area contributed by atoms with E-state index in [0.29, 0.717) is 12.0 Å². The van der Waals surface area contributed by atoms with Crippen LogP contribution in [0.2, 0.25) is 0 Å². The zero-order valence-corrected chi connectivity index (χ0v) is 15.5. The van der Waals surface area contributed by atoms with Crippen LogP contribution >= 0.6 is 0 Å². The maximum Gasteiger partial charge on any atom is 0.0870 e. The number of hydrogen-bond acceptors (Lipinski definition) is 7. The lowest BCUT2D eigenvalue weighted by atomic mass is 10.0. The molecular formula is C19H28N2O5-2. The molecule has 0 saturated carbocycles. The Hall–Kier alpha value is -2.12. The number of carboxylic acids is 2. The SMILES string of the molecule is CC(C)COCC(Cc1ccccc1N)N1CCCC1.O=C([O-])C(=O)[O-]. The molecule has 2 N–H and O–H groups in total. The van der Waals surface area contributed by atoms with Gasteiger partial charge in [-0.1, -0.05) is 32.0 Å². The largest absolute Gasteiger partial charge is 0.543 e. The first kappa shape index (κ1) is 21.9. The van der Waals surface area contributed by atoms with Gasteiger partial charge >= 0.3 is 0 Å². The van der Waals surface area contributed by atoms with E-state index in [9.17, 15) is 0 Å². The average Bonchev–Trinajstić information content (AvgIpc) is 3.10. The van der Waals surface area contributed by atoms with Gasteiger partial charge in [-0.25, -0.2) is 0 Å². The van der Waals surface area contributed by atoms with E-state index in [-0.39, 0.29) is 0 Å². The molecule has 26 heavy (non-hydrogen) atoms. The lowest BCUT2D eigenvalue weighted by Crippen LogP contribution is -2.42. The monoisotopic (exact) mass is 364 g/mol. The lowest BCUT2D eigenvalue weighted by molar-refractivity contribution is -0.345. The molecule has 0 amide bonds. The van der Waals surface area contributed by atoms with Gasteiger partial charge in [0, 0.05) is 18.3 Å². The Labute approximate surface area is 154 Å². The highest BCUT2D eigenvalue weighted by Gasteiger charge is 2.23. The minimum Gasteiger partial charge on any atom is -0.543 e. The molecule has 7 nitrogen and oxygen atoms in total. The van der Waals surface area contributed by atoms with Crippen LogP contribution in [0.25, 0.3) is 0 Å². The lowest BCUT2D eigenvalue weighted by Gasteiger charge is -2.28. The predicted octanol–water partition coefficient (Wildman–Crippen LogP) is -0.565. The van der Waals surface area contributed by atoms with E-state index >= 15 is 0 Å². The molecule has 0 radical (unpaired) electrons. The number of nitrogens with zero attached hydrogens (tertiary/aromatic N) is 1. The van der Waals surface area contributed by atoms with E-state index in [0.717, 1.165) is 25.3 Å². The fourth-order valence-corrected chi connectivity index (χ4v) is 2.81. The minimum atomic E-state index is -2.19. The number of hydrogen-bond donors (Lipinski definition) is 1. The van der Waals surface area contributed by atoms with Crippen LogP contribution in [-0.4, -0.2) is 49.2 Å². The molecule has 1 aliphatic heterocycles. The third-order valence-corrected chi connectivity index (χ3v) is 4.10. The van der Waals surface area contributed by atoms with Gasteiger partial charge in [-0.15, -0.1) is 0 Å². The maximum absolute atomic E-state index is 8.93. The van der Waals surface area contributed by atoms with Gasteiger partial charge in [-0.05, 0) is 49.9 Å². The molecule has 7 heteroatoms. The Morgan fingerprint density at radius 2 is 1.69 bits per heavy atom. The number of ether oxygens (including phenoxy) is 1. The van der Waals surface area contributed by atoms with Gasteiger partial charge in [0.25, 0.3) is 0 Å². The Bertz CT molecular complexity index is 559. The zero-order valence-electron chi connectivity index (χ0n) is 15.5. The van der Waals surface area contributed by atoms with Crippen molar-refractivity contribution in [1.82, 2.24) is 4.90 Å². The quantitative estimate of drug-likeness (QED) is 0.508. The second-order valence-electron chi connectivity index (χ2n) is 6.81. The Morgan fingerprint density at radius 1 is 1.12 bits per heavy atom. The summed E-state index contributed by atoms with van der Waals surface area (Å²) >= 11 is 0. The number of likely N-dealkylation sites (tertiary alicyclic amines) is 1. The molecule has 146 valence electrons. The molecule has 1 aromatic rings. The number of carbonyl (C=O) groups is 2. The van der Waals surface area contributed by atoms with Crippen molar-refractivity contribution in [3.63, 3.8) is 0 Å². The molecule has 1 saturated heterocycles. The van der Waals surface area contributed by atoms with Crippen molar-refractivity contribution in [2.75, 3.05) is 32.0 Å². The summed E-state index contributed by atoms with van der Waals surface area (Å²) in [6.07, 6.45) is 3.61. The van der Waals surface area contributed by atoms with Crippen LogP contribution in [0.4, 0.5) is 5.69 Å². The Morgan fingerprint density at radius 3 is 2.19 bits per heavy atom. The maximum atomic E-state index is 8.93. The third kappa shape index (κ3) is 8.31. The fourth-order valence-electron chi connectivity index (χ4n) is 2.81. The summed E-state index contributed by atoms with van der Waals surface area (Å²) in [5, 5.41) is 17.9. The van der Waals surface area contributed by atoms with Crippen molar-refractivity contribution in [2.24, 2.45) is 5.92 Å². The van der Waals surface area contributed by atoms with E-state index in [1.807, 2.05) is 12.1 Å². The van der Waals surface area contributed by atoms with Crippen molar-refractivity contribution in [2.45, 2.75) is 39.2 Å². The summed E-state index contributed by atoms with van der Waals surface area (Å²) in [5.41, 5.74) is 8.24. The number of rotatable bonds is 7. The molecule has 2 rings (SSSR count). The number of benzene rings is 1. The molecule has 1 fully saturated rings. The number of nitrogen functional groups attached to an aromatic ring is 1. The van der Waals surface area contributed by atoms with Crippen LogP contribution in [0.5, 0.6) is 0 Å². The van der Waals surface area contributed by atoms with Crippen molar-refractivity contribution >= 4 is 17.6 Å². The van der Waals surface area contributed by atoms with E-state index in [4.69, 9.17) is 30.3 Å². The van der Waals surface area contributed by atoms with Crippen molar-refractivity contribution in [3.8, 4) is 0 Å². The fraction of sp³-hybridized carbons (Fsp3) is 0.579. The smallest absolute Gasteiger partial charge is 0.0870 e. The van der Waals surface area contributed by atoms with E-state index in [1.54, 1.807) is 0 Å². The van der Waals surface area contributed by atoms with Gasteiger partial charge in [0.05, 0.1) is 18.5 Å². The molecule has 0 spiro atoms. The summed E-state index contributed by atoms with van der Waals surface area (Å²) in [7, 11) is 0. The number of aliphatic carboxylic acids is 2. The van der Waals surface area contributed by atoms with Crippen molar-refractivity contribution < 1.29 is 24.5 Å². The van der Waals surface area contributed by atoms with Gasteiger partial charge in [0.1, 0.15) is 0 Å². The van der Waals surface area contributed by atoms with Crippen LogP contribution in [0, 0.1) is 5.92 Å². The highest BCUT2D eigenvalue weighted by Crippen LogP contribution is 2.19.